The van der Waals surface area contributed by atoms with E-state index in [1.54, 1.807) is 6.92 Å². The molecule has 0 aromatic carbocycles. The second kappa shape index (κ2) is 26.5. The second-order valence-corrected chi connectivity index (χ2v) is 2.66. The molecule has 0 radical (unpaired) electrons. The molecule has 0 aromatic rings. The molecule has 7 heteroatoms. The summed E-state index contributed by atoms with van der Waals surface area (Å²) < 4.78 is 13.4. The number of ether oxygens (including phenoxy) is 3. The van der Waals surface area contributed by atoms with Crippen molar-refractivity contribution in [2.45, 2.75) is 20.8 Å². The van der Waals surface area contributed by atoms with E-state index in [2.05, 4.69) is 21.0 Å². The maximum absolute atomic E-state index is 10.1. The molecule has 0 unspecified atom stereocenters. The summed E-state index contributed by atoms with van der Waals surface area (Å²) in [4.78, 5) is 23.3. The molecule has 0 heterocycles. The summed E-state index contributed by atoms with van der Waals surface area (Å²) in [6, 6.07) is 0. The number of aliphatic hydroxyl groups is 1. The molecule has 1 N–H and O–H groups in total. The molecule has 0 saturated heterocycles. The van der Waals surface area contributed by atoms with Gasteiger partial charge in [0.25, 0.3) is 0 Å². The first-order chi connectivity index (χ1) is 8.40. The van der Waals surface area contributed by atoms with Crippen LogP contribution in [0.1, 0.15) is 20.8 Å². The molecule has 0 amide bonds. The van der Waals surface area contributed by atoms with Gasteiger partial charge in [0.05, 0.1) is 12.4 Å². The number of esters is 2. The van der Waals surface area contributed by atoms with E-state index in [0.717, 1.165) is 0 Å². The average molecular weight is 462 g/mol. The molecule has 0 aromatic heterocycles. The first-order valence-corrected chi connectivity index (χ1v) is 6.92. The Hall–Kier alpha value is -1.00. The van der Waals surface area contributed by atoms with E-state index in [-0.39, 0.29) is 46.8 Å². The topological polar surface area (TPSA) is 82.1 Å². The zero-order valence-electron chi connectivity index (χ0n) is 12.9. The fraction of sp³-hybridized carbons (Fsp3) is 0.462. The van der Waals surface area contributed by atoms with Crippen molar-refractivity contribution in [2.24, 2.45) is 0 Å². The number of hydrogen-bond donors (Lipinski definition) is 1. The normalized spacial score (nSPS) is 6.80. The van der Waals surface area contributed by atoms with Crippen LogP contribution in [0.15, 0.2) is 12.3 Å². The zero-order valence-corrected chi connectivity index (χ0v) is 15.9. The summed E-state index contributed by atoms with van der Waals surface area (Å²) in [6.45, 7) is 7.72. The van der Waals surface area contributed by atoms with Crippen LogP contribution in [0, 0.1) is 14.9 Å². The van der Waals surface area contributed by atoms with Gasteiger partial charge in [-0.2, -0.15) is 0 Å². The minimum atomic E-state index is -0.353. The Morgan fingerprint density at radius 2 is 1.40 bits per heavy atom. The molecular weight excluding hydrogens is 436 g/mol. The zero-order chi connectivity index (χ0) is 15.0. The SMILES string of the molecule is C=C(C)OCOC(C)=O.CC(=O)OCCO.[CH2]=[W].[CH3-].[CH3-]. The van der Waals surface area contributed by atoms with Crippen LogP contribution >= 0.6 is 0 Å². The Morgan fingerprint density at radius 3 is 1.60 bits per heavy atom. The van der Waals surface area contributed by atoms with Crippen molar-refractivity contribution in [3.8, 4) is 0 Å². The van der Waals surface area contributed by atoms with Gasteiger partial charge in [-0.25, -0.2) is 0 Å². The van der Waals surface area contributed by atoms with Crippen molar-refractivity contribution >= 4 is 16.8 Å². The Morgan fingerprint density at radius 1 is 1.00 bits per heavy atom. The first kappa shape index (κ1) is 31.4. The van der Waals surface area contributed by atoms with Gasteiger partial charge in [0, 0.05) is 13.8 Å². The minimum absolute atomic E-state index is 0. The average Bonchev–Trinajstić information content (AvgIpc) is 2.29. The van der Waals surface area contributed by atoms with Gasteiger partial charge in [-0.05, 0) is 6.92 Å². The van der Waals surface area contributed by atoms with E-state index in [4.69, 9.17) is 9.84 Å². The second-order valence-electron chi connectivity index (χ2n) is 2.66. The Bertz CT molecular complexity index is 229. The van der Waals surface area contributed by atoms with Gasteiger partial charge in [-0.15, -0.1) is 0 Å². The van der Waals surface area contributed by atoms with Gasteiger partial charge in [-0.1, -0.05) is 6.58 Å². The molecule has 122 valence electrons. The molecule has 0 spiro atoms. The summed E-state index contributed by atoms with van der Waals surface area (Å²) >= 11 is 1.33. The fourth-order valence-electron chi connectivity index (χ4n) is 0.402. The molecule has 0 aliphatic carbocycles. The third-order valence-corrected chi connectivity index (χ3v) is 0.964. The van der Waals surface area contributed by atoms with E-state index < -0.39 is 0 Å². The molecule has 6 nitrogen and oxygen atoms in total. The van der Waals surface area contributed by atoms with Crippen LogP contribution in [0.3, 0.4) is 0 Å². The fourth-order valence-corrected chi connectivity index (χ4v) is 0.402. The summed E-state index contributed by atoms with van der Waals surface area (Å²) in [6.07, 6.45) is 0. The summed E-state index contributed by atoms with van der Waals surface area (Å²) in [5, 5.41) is 8.04. The number of carbonyl (C=O) groups excluding carboxylic acids is 2. The minimum Gasteiger partial charge on any atom is -0.358 e. The number of hydrogen-bond acceptors (Lipinski definition) is 6. The van der Waals surface area contributed by atoms with Gasteiger partial charge in [-0.3, -0.25) is 9.59 Å². The van der Waals surface area contributed by atoms with Gasteiger partial charge < -0.3 is 34.2 Å². The Kier molecular flexibility index (Phi) is 41.7. The summed E-state index contributed by atoms with van der Waals surface area (Å²) in [7, 11) is 0. The van der Waals surface area contributed by atoms with Crippen LogP contribution < -0.4 is 0 Å². The molecule has 0 fully saturated rings. The van der Waals surface area contributed by atoms with Crippen LogP contribution in [-0.2, 0) is 43.2 Å². The number of allylic oxidation sites excluding steroid dienone is 1. The van der Waals surface area contributed by atoms with Crippen LogP contribution in [0.5, 0.6) is 0 Å². The van der Waals surface area contributed by atoms with Gasteiger partial charge >= 0.3 is 36.2 Å². The molecule has 0 saturated carbocycles. The maximum Gasteiger partial charge on any atom is -0.358 e. The van der Waals surface area contributed by atoms with Gasteiger partial charge in [0.2, 0.25) is 6.79 Å². The number of carbonyl (C=O) groups is 2. The van der Waals surface area contributed by atoms with Crippen LogP contribution in [0.2, 0.25) is 0 Å². The third kappa shape index (κ3) is 53.7. The summed E-state index contributed by atoms with van der Waals surface area (Å²) in [5.41, 5.74) is 0. The Balaban J connectivity index is -0.0000000622. The van der Waals surface area contributed by atoms with Crippen molar-refractivity contribution in [1.82, 2.24) is 0 Å². The quantitative estimate of drug-likeness (QED) is 0.289. The first-order valence-electron chi connectivity index (χ1n) is 4.85. The molecule has 20 heavy (non-hydrogen) atoms. The van der Waals surface area contributed by atoms with Crippen LogP contribution in [0.25, 0.3) is 0 Å². The third-order valence-electron chi connectivity index (χ3n) is 0.964. The van der Waals surface area contributed by atoms with E-state index in [1.807, 2.05) is 0 Å². The van der Waals surface area contributed by atoms with Crippen LogP contribution in [0.4, 0.5) is 0 Å². The van der Waals surface area contributed by atoms with Gasteiger partial charge in [0.1, 0.15) is 6.61 Å². The predicted molar refractivity (Wildman–Crippen MR) is 76.2 cm³/mol. The largest absolute Gasteiger partial charge is 0.358 e. The van der Waals surface area contributed by atoms with E-state index >= 15 is 0 Å². The number of aliphatic hydroxyl groups excluding tert-OH is 1. The van der Waals surface area contributed by atoms with Crippen LogP contribution in [-0.4, -0.2) is 42.0 Å². The van der Waals surface area contributed by atoms with E-state index in [0.29, 0.717) is 5.76 Å². The monoisotopic (exact) mass is 462 g/mol. The van der Waals surface area contributed by atoms with E-state index in [1.165, 1.54) is 33.2 Å². The van der Waals surface area contributed by atoms with Crippen molar-refractivity contribution in [1.29, 1.82) is 0 Å². The number of rotatable bonds is 5. The van der Waals surface area contributed by atoms with Crippen molar-refractivity contribution in [3.63, 3.8) is 0 Å². The smallest absolute Gasteiger partial charge is 0.358 e. The Labute approximate surface area is 133 Å². The van der Waals surface area contributed by atoms with Crippen molar-refractivity contribution in [3.05, 3.63) is 27.2 Å². The molecule has 0 aliphatic heterocycles. The standard InChI is InChI=1S/C6H10O3.C4H8O3.2CH3.CH2.W/c1-5(2)8-4-9-6(3)7;1-4(6)7-3-2-5;;;;/h1,4H2,2-3H3;5H,2-3H2,1H3;2*1H3;1H2;/q;;2*-1;;. The van der Waals surface area contributed by atoms with Gasteiger partial charge in [0.15, 0.2) is 0 Å². The summed E-state index contributed by atoms with van der Waals surface area (Å²) in [5.74, 6) is -0.165. The van der Waals surface area contributed by atoms with Crippen molar-refractivity contribution in [2.75, 3.05) is 20.0 Å². The maximum atomic E-state index is 10.1. The van der Waals surface area contributed by atoms with Crippen molar-refractivity contribution < 1.29 is 48.3 Å². The molecule has 0 rings (SSSR count). The molecule has 0 bridgehead atoms. The predicted octanol–water partition coefficient (Wildman–Crippen LogP) is 1.46. The molecular formula is C13H26O6W-2. The molecule has 0 atom stereocenters. The molecule has 0 aliphatic rings. The van der Waals surface area contributed by atoms with E-state index in [9.17, 15) is 9.59 Å².